The van der Waals surface area contributed by atoms with Crippen LogP contribution < -0.4 is 24.3 Å². The minimum Gasteiger partial charge on any atom is -0.493 e. The van der Waals surface area contributed by atoms with Gasteiger partial charge in [0.15, 0.2) is 23.0 Å². The van der Waals surface area contributed by atoms with Crippen LogP contribution in [0.3, 0.4) is 0 Å². The van der Waals surface area contributed by atoms with Crippen LogP contribution in [0.1, 0.15) is 34.6 Å². The first kappa shape index (κ1) is 23.2. The highest BCUT2D eigenvalue weighted by atomic mass is 16.5. The average Bonchev–Trinajstić information content (AvgIpc) is 3.04. The maximum absolute atomic E-state index is 12.8. The quantitative estimate of drug-likeness (QED) is 0.588. The van der Waals surface area contributed by atoms with E-state index in [0.29, 0.717) is 18.9 Å². The number of nitrogens with zero attached hydrogens (tertiary/aromatic N) is 1. The van der Waals surface area contributed by atoms with Gasteiger partial charge in [0.2, 0.25) is 5.91 Å². The fourth-order valence-corrected chi connectivity index (χ4v) is 4.85. The first-order valence-electron chi connectivity index (χ1n) is 11.5. The molecule has 2 aromatic rings. The minimum absolute atomic E-state index is 0.203. The number of carbonyl (C=O) groups excluding carboxylic acids is 1. The van der Waals surface area contributed by atoms with Crippen LogP contribution in [-0.4, -0.2) is 65.4 Å². The number of carbonyl (C=O) groups is 1. The SMILES string of the molecule is COc1cc2c(cc1OC)CCN(C(=O)CCNC[C@H]1Cc3cc(OC)c(OC)cc31)CC2. The molecule has 1 aliphatic carbocycles. The largest absolute Gasteiger partial charge is 0.493 e. The lowest BCUT2D eigenvalue weighted by atomic mass is 9.77. The lowest BCUT2D eigenvalue weighted by molar-refractivity contribution is -0.131. The molecule has 0 radical (unpaired) electrons. The molecule has 2 aromatic carbocycles. The van der Waals surface area contributed by atoms with Crippen molar-refractivity contribution in [2.45, 2.75) is 31.6 Å². The van der Waals surface area contributed by atoms with Crippen molar-refractivity contribution in [1.82, 2.24) is 10.2 Å². The summed E-state index contributed by atoms with van der Waals surface area (Å²) in [4.78, 5) is 14.8. The number of hydrogen-bond donors (Lipinski definition) is 1. The predicted molar refractivity (Wildman–Crippen MR) is 127 cm³/mol. The third-order valence-corrected chi connectivity index (χ3v) is 6.82. The summed E-state index contributed by atoms with van der Waals surface area (Å²) in [7, 11) is 6.63. The number of fused-ring (bicyclic) bond motifs is 2. The van der Waals surface area contributed by atoms with Crippen LogP contribution in [0.4, 0.5) is 0 Å². The number of methoxy groups -OCH3 is 4. The number of rotatable bonds is 9. The van der Waals surface area contributed by atoms with Crippen molar-refractivity contribution in [3.05, 3.63) is 46.5 Å². The Bertz CT molecular complexity index is 972. The molecule has 7 nitrogen and oxygen atoms in total. The second-order valence-electron chi connectivity index (χ2n) is 8.62. The molecule has 0 bridgehead atoms. The third kappa shape index (κ3) is 4.88. The van der Waals surface area contributed by atoms with Gasteiger partial charge in [0.05, 0.1) is 28.4 Å². The second kappa shape index (κ2) is 10.3. The molecule has 1 N–H and O–H groups in total. The van der Waals surface area contributed by atoms with E-state index in [1.807, 2.05) is 17.0 Å². The highest BCUT2D eigenvalue weighted by Gasteiger charge is 2.28. The van der Waals surface area contributed by atoms with Crippen LogP contribution >= 0.6 is 0 Å². The molecule has 0 saturated heterocycles. The molecule has 0 unspecified atom stereocenters. The Hall–Kier alpha value is -2.93. The fourth-order valence-electron chi connectivity index (χ4n) is 4.85. The summed E-state index contributed by atoms with van der Waals surface area (Å²) in [6.07, 6.45) is 3.19. The summed E-state index contributed by atoms with van der Waals surface area (Å²) >= 11 is 0. The normalized spacial score (nSPS) is 16.7. The summed E-state index contributed by atoms with van der Waals surface area (Å²) in [5.41, 5.74) is 5.09. The zero-order valence-corrected chi connectivity index (χ0v) is 20.0. The number of amides is 1. The molecular formula is C26H34N2O5. The zero-order chi connectivity index (χ0) is 23.4. The lowest BCUT2D eigenvalue weighted by Crippen LogP contribution is -2.36. The van der Waals surface area contributed by atoms with Crippen LogP contribution in [0.2, 0.25) is 0 Å². The molecule has 4 rings (SSSR count). The van der Waals surface area contributed by atoms with Crippen LogP contribution in [-0.2, 0) is 24.1 Å². The molecule has 0 spiro atoms. The van der Waals surface area contributed by atoms with Gasteiger partial charge >= 0.3 is 0 Å². The van der Waals surface area contributed by atoms with Gasteiger partial charge in [-0.3, -0.25) is 4.79 Å². The molecule has 7 heteroatoms. The van der Waals surface area contributed by atoms with Gasteiger partial charge in [-0.15, -0.1) is 0 Å². The van der Waals surface area contributed by atoms with Crippen molar-refractivity contribution < 1.29 is 23.7 Å². The maximum atomic E-state index is 12.8. The van der Waals surface area contributed by atoms with E-state index in [1.165, 1.54) is 22.3 Å². The summed E-state index contributed by atoms with van der Waals surface area (Å²) < 4.78 is 21.7. The molecule has 1 amide bonds. The predicted octanol–water partition coefficient (Wildman–Crippen LogP) is 2.97. The molecular weight excluding hydrogens is 420 g/mol. The van der Waals surface area contributed by atoms with E-state index in [0.717, 1.165) is 61.9 Å². The fraction of sp³-hybridized carbons (Fsp3) is 0.500. The van der Waals surface area contributed by atoms with Crippen LogP contribution in [0.25, 0.3) is 0 Å². The topological polar surface area (TPSA) is 69.3 Å². The first-order valence-corrected chi connectivity index (χ1v) is 11.5. The smallest absolute Gasteiger partial charge is 0.223 e. The number of nitrogens with one attached hydrogen (secondary N) is 1. The molecule has 1 heterocycles. The van der Waals surface area contributed by atoms with Crippen LogP contribution in [0.15, 0.2) is 24.3 Å². The molecule has 1 atom stereocenters. The Kier molecular flexibility index (Phi) is 7.28. The minimum atomic E-state index is 0.203. The Morgan fingerprint density at radius 2 is 1.36 bits per heavy atom. The third-order valence-electron chi connectivity index (χ3n) is 6.82. The summed E-state index contributed by atoms with van der Waals surface area (Å²) in [5, 5.41) is 3.47. The second-order valence-corrected chi connectivity index (χ2v) is 8.62. The Morgan fingerprint density at radius 1 is 0.848 bits per heavy atom. The summed E-state index contributed by atoms with van der Waals surface area (Å²) in [6.45, 7) is 3.02. The molecule has 178 valence electrons. The summed E-state index contributed by atoms with van der Waals surface area (Å²) in [6, 6.07) is 8.24. The van der Waals surface area contributed by atoms with Gasteiger partial charge in [0.1, 0.15) is 0 Å². The Morgan fingerprint density at radius 3 is 1.91 bits per heavy atom. The average molecular weight is 455 g/mol. The summed E-state index contributed by atoms with van der Waals surface area (Å²) in [5.74, 6) is 3.70. The van der Waals surface area contributed by atoms with Gasteiger partial charge in [-0.2, -0.15) is 0 Å². The van der Waals surface area contributed by atoms with E-state index in [2.05, 4.69) is 17.4 Å². The van der Waals surface area contributed by atoms with Crippen molar-refractivity contribution in [2.24, 2.45) is 0 Å². The van der Waals surface area contributed by atoms with E-state index in [-0.39, 0.29) is 5.91 Å². The number of hydrogen-bond acceptors (Lipinski definition) is 6. The van der Waals surface area contributed by atoms with Crippen molar-refractivity contribution >= 4 is 5.91 Å². The van der Waals surface area contributed by atoms with E-state index >= 15 is 0 Å². The van der Waals surface area contributed by atoms with Crippen molar-refractivity contribution in [3.8, 4) is 23.0 Å². The molecule has 33 heavy (non-hydrogen) atoms. The van der Waals surface area contributed by atoms with E-state index in [9.17, 15) is 4.79 Å². The van der Waals surface area contributed by atoms with Crippen molar-refractivity contribution in [2.75, 3.05) is 54.6 Å². The number of benzene rings is 2. The lowest BCUT2D eigenvalue weighted by Gasteiger charge is -2.31. The maximum Gasteiger partial charge on any atom is 0.223 e. The van der Waals surface area contributed by atoms with Crippen LogP contribution in [0, 0.1) is 0 Å². The molecule has 0 aromatic heterocycles. The monoisotopic (exact) mass is 454 g/mol. The van der Waals surface area contributed by atoms with E-state index in [4.69, 9.17) is 18.9 Å². The molecule has 0 fully saturated rings. The van der Waals surface area contributed by atoms with Gasteiger partial charge in [-0.25, -0.2) is 0 Å². The van der Waals surface area contributed by atoms with Gasteiger partial charge in [-0.1, -0.05) is 0 Å². The highest BCUT2D eigenvalue weighted by molar-refractivity contribution is 5.76. The zero-order valence-electron chi connectivity index (χ0n) is 20.0. The van der Waals surface area contributed by atoms with Crippen LogP contribution in [0.5, 0.6) is 23.0 Å². The molecule has 1 aliphatic heterocycles. The number of ether oxygens (including phenoxy) is 4. The van der Waals surface area contributed by atoms with Crippen molar-refractivity contribution in [1.29, 1.82) is 0 Å². The Balaban J connectivity index is 1.25. The highest BCUT2D eigenvalue weighted by Crippen LogP contribution is 2.42. The van der Waals surface area contributed by atoms with E-state index < -0.39 is 0 Å². The van der Waals surface area contributed by atoms with Gasteiger partial charge < -0.3 is 29.2 Å². The van der Waals surface area contributed by atoms with Gasteiger partial charge in [0, 0.05) is 38.5 Å². The first-order chi connectivity index (χ1) is 16.1. The van der Waals surface area contributed by atoms with Gasteiger partial charge in [-0.05, 0) is 65.8 Å². The molecule has 0 saturated carbocycles. The standard InChI is InChI=1S/C26H34N2O5/c1-30-22-12-17-6-9-28(10-7-18(17)13-23(22)31-2)26(29)5-8-27-16-20-11-19-14-24(32-3)25(33-4)15-21(19)20/h12-15,20,27H,5-11,16H2,1-4H3/t20-/m1/s1. The van der Waals surface area contributed by atoms with Gasteiger partial charge in [0.25, 0.3) is 0 Å². The van der Waals surface area contributed by atoms with Crippen molar-refractivity contribution in [3.63, 3.8) is 0 Å². The molecule has 2 aliphatic rings. The van der Waals surface area contributed by atoms with E-state index in [1.54, 1.807) is 28.4 Å². The Labute approximate surface area is 196 Å².